The number of hydrogen-bond donors (Lipinski definition) is 0. The van der Waals surface area contributed by atoms with E-state index in [1.54, 1.807) is 24.4 Å². The first kappa shape index (κ1) is 19.0. The third kappa shape index (κ3) is 4.49. The summed E-state index contributed by atoms with van der Waals surface area (Å²) < 4.78 is 5.33. The molecular formula is C22H21NO3S. The van der Waals surface area contributed by atoms with Crippen LogP contribution in [0.25, 0.3) is 10.6 Å². The van der Waals surface area contributed by atoms with Gasteiger partial charge in [0.2, 0.25) is 5.78 Å². The number of aryl methyl sites for hydroxylation is 2. The fourth-order valence-corrected chi connectivity index (χ4v) is 3.41. The second-order valence-corrected chi connectivity index (χ2v) is 7.22. The van der Waals surface area contributed by atoms with Gasteiger partial charge in [0.25, 0.3) is 0 Å². The van der Waals surface area contributed by atoms with E-state index in [4.69, 9.17) is 4.74 Å². The van der Waals surface area contributed by atoms with Crippen molar-refractivity contribution in [1.29, 1.82) is 0 Å². The van der Waals surface area contributed by atoms with Crippen molar-refractivity contribution in [1.82, 2.24) is 4.98 Å². The second-order valence-electron chi connectivity index (χ2n) is 6.37. The molecule has 0 radical (unpaired) electrons. The van der Waals surface area contributed by atoms with E-state index in [0.29, 0.717) is 5.56 Å². The van der Waals surface area contributed by atoms with Crippen LogP contribution >= 0.6 is 11.3 Å². The standard InChI is InChI=1S/C22H21NO3S/c1-4-16-7-11-17(12-8-16)20(24)15(3)26-22(25)19-13-27-21(23-19)18-9-5-14(2)6-10-18/h5-13,15H,4H2,1-3H3/t15-/m1/s1. The Hall–Kier alpha value is -2.79. The van der Waals surface area contributed by atoms with E-state index in [1.807, 2.05) is 43.3 Å². The number of ether oxygens (including phenoxy) is 1. The molecule has 27 heavy (non-hydrogen) atoms. The molecule has 0 saturated carbocycles. The van der Waals surface area contributed by atoms with Crippen molar-refractivity contribution in [2.24, 2.45) is 0 Å². The molecule has 1 atom stereocenters. The lowest BCUT2D eigenvalue weighted by atomic mass is 10.0. The summed E-state index contributed by atoms with van der Waals surface area (Å²) in [6.07, 6.45) is 0.0427. The summed E-state index contributed by atoms with van der Waals surface area (Å²) in [4.78, 5) is 29.2. The second kappa shape index (κ2) is 8.27. The number of carbonyl (C=O) groups is 2. The normalized spacial score (nSPS) is 11.8. The Morgan fingerprint density at radius 2 is 1.74 bits per heavy atom. The summed E-state index contributed by atoms with van der Waals surface area (Å²) >= 11 is 1.38. The number of thiazole rings is 1. The van der Waals surface area contributed by atoms with Crippen molar-refractivity contribution in [3.8, 4) is 10.6 Å². The zero-order valence-corrected chi connectivity index (χ0v) is 16.4. The van der Waals surface area contributed by atoms with Gasteiger partial charge in [0.1, 0.15) is 5.01 Å². The maximum atomic E-state index is 12.5. The van der Waals surface area contributed by atoms with Crippen LogP contribution in [0.1, 0.15) is 45.8 Å². The molecule has 1 aromatic heterocycles. The molecule has 0 aliphatic carbocycles. The number of carbonyl (C=O) groups excluding carboxylic acids is 2. The van der Waals surface area contributed by atoms with Gasteiger partial charge in [0, 0.05) is 16.5 Å². The van der Waals surface area contributed by atoms with Gasteiger partial charge in [-0.1, -0.05) is 61.0 Å². The van der Waals surface area contributed by atoms with E-state index in [9.17, 15) is 9.59 Å². The van der Waals surface area contributed by atoms with Gasteiger partial charge in [-0.25, -0.2) is 9.78 Å². The molecule has 1 heterocycles. The van der Waals surface area contributed by atoms with Crippen molar-refractivity contribution in [3.63, 3.8) is 0 Å². The van der Waals surface area contributed by atoms with E-state index >= 15 is 0 Å². The number of rotatable bonds is 6. The molecule has 0 fully saturated rings. The van der Waals surface area contributed by atoms with Crippen LogP contribution in [0.15, 0.2) is 53.9 Å². The molecule has 3 rings (SSSR count). The maximum absolute atomic E-state index is 12.5. The highest BCUT2D eigenvalue weighted by atomic mass is 32.1. The maximum Gasteiger partial charge on any atom is 0.358 e. The van der Waals surface area contributed by atoms with Crippen LogP contribution < -0.4 is 0 Å². The van der Waals surface area contributed by atoms with Gasteiger partial charge in [-0.05, 0) is 25.8 Å². The Kier molecular flexibility index (Phi) is 5.81. The van der Waals surface area contributed by atoms with E-state index in [2.05, 4.69) is 11.9 Å². The number of nitrogens with zero attached hydrogens (tertiary/aromatic N) is 1. The summed E-state index contributed by atoms with van der Waals surface area (Å²) in [5, 5.41) is 2.40. The van der Waals surface area contributed by atoms with Crippen molar-refractivity contribution in [3.05, 3.63) is 76.3 Å². The van der Waals surface area contributed by atoms with Crippen molar-refractivity contribution in [2.75, 3.05) is 0 Å². The van der Waals surface area contributed by atoms with Gasteiger partial charge in [0.15, 0.2) is 11.8 Å². The molecule has 138 valence electrons. The number of hydrogen-bond acceptors (Lipinski definition) is 5. The molecular weight excluding hydrogens is 358 g/mol. The van der Waals surface area contributed by atoms with Gasteiger partial charge >= 0.3 is 5.97 Å². The number of ketones is 1. The van der Waals surface area contributed by atoms with E-state index < -0.39 is 12.1 Å². The minimum atomic E-state index is -0.866. The summed E-state index contributed by atoms with van der Waals surface area (Å²) in [7, 11) is 0. The lowest BCUT2D eigenvalue weighted by Crippen LogP contribution is -2.24. The minimum absolute atomic E-state index is 0.219. The van der Waals surface area contributed by atoms with Gasteiger partial charge in [-0.3, -0.25) is 4.79 Å². The molecule has 3 aromatic rings. The summed E-state index contributed by atoms with van der Waals surface area (Å²) in [5.74, 6) is -0.810. The molecule has 5 heteroatoms. The van der Waals surface area contributed by atoms with Crippen LogP contribution in [0.4, 0.5) is 0 Å². The lowest BCUT2D eigenvalue weighted by Gasteiger charge is -2.11. The molecule has 0 unspecified atom stereocenters. The Balaban J connectivity index is 1.67. The van der Waals surface area contributed by atoms with Crippen LogP contribution in [0.5, 0.6) is 0 Å². The van der Waals surface area contributed by atoms with Crippen LogP contribution in [-0.4, -0.2) is 22.8 Å². The quantitative estimate of drug-likeness (QED) is 0.441. The van der Waals surface area contributed by atoms with Gasteiger partial charge in [0.05, 0.1) is 0 Å². The van der Waals surface area contributed by atoms with Gasteiger partial charge in [-0.15, -0.1) is 11.3 Å². The molecule has 0 bridgehead atoms. The topological polar surface area (TPSA) is 56.3 Å². The predicted molar refractivity (Wildman–Crippen MR) is 107 cm³/mol. The number of benzene rings is 2. The van der Waals surface area contributed by atoms with Crippen molar-refractivity contribution >= 4 is 23.1 Å². The first-order valence-corrected chi connectivity index (χ1v) is 9.72. The average molecular weight is 379 g/mol. The summed E-state index contributed by atoms with van der Waals surface area (Å²) in [6, 6.07) is 15.3. The zero-order valence-electron chi connectivity index (χ0n) is 15.6. The van der Waals surface area contributed by atoms with Gasteiger partial charge < -0.3 is 4.74 Å². The van der Waals surface area contributed by atoms with Crippen molar-refractivity contribution in [2.45, 2.75) is 33.3 Å². The highest BCUT2D eigenvalue weighted by Crippen LogP contribution is 2.24. The first-order valence-electron chi connectivity index (χ1n) is 8.84. The molecule has 0 spiro atoms. The van der Waals surface area contributed by atoms with E-state index in [0.717, 1.165) is 28.1 Å². The van der Waals surface area contributed by atoms with Crippen molar-refractivity contribution < 1.29 is 14.3 Å². The van der Waals surface area contributed by atoms with Crippen LogP contribution in [0, 0.1) is 6.92 Å². The molecule has 4 nitrogen and oxygen atoms in total. The molecule has 0 N–H and O–H groups in total. The minimum Gasteiger partial charge on any atom is -0.450 e. The molecule has 0 aliphatic rings. The highest BCUT2D eigenvalue weighted by Gasteiger charge is 2.22. The van der Waals surface area contributed by atoms with Crippen LogP contribution in [-0.2, 0) is 11.2 Å². The fourth-order valence-electron chi connectivity index (χ4n) is 2.61. The average Bonchev–Trinajstić information content (AvgIpc) is 3.18. The molecule has 2 aromatic carbocycles. The number of Topliss-reactive ketones (excluding diaryl/α,β-unsaturated/α-hetero) is 1. The summed E-state index contributed by atoms with van der Waals surface area (Å²) in [5.41, 5.74) is 4.02. The summed E-state index contributed by atoms with van der Waals surface area (Å²) in [6.45, 7) is 5.66. The van der Waals surface area contributed by atoms with E-state index in [1.165, 1.54) is 11.3 Å². The predicted octanol–water partition coefficient (Wildman–Crippen LogP) is 5.11. The first-order chi connectivity index (χ1) is 13.0. The Labute approximate surface area is 162 Å². The molecule has 0 saturated heterocycles. The van der Waals surface area contributed by atoms with Crippen LogP contribution in [0.2, 0.25) is 0 Å². The largest absolute Gasteiger partial charge is 0.450 e. The molecule has 0 aliphatic heterocycles. The fraction of sp³-hybridized carbons (Fsp3) is 0.227. The molecule has 0 amide bonds. The van der Waals surface area contributed by atoms with Gasteiger partial charge in [-0.2, -0.15) is 0 Å². The lowest BCUT2D eigenvalue weighted by molar-refractivity contribution is 0.0314. The number of esters is 1. The monoisotopic (exact) mass is 379 g/mol. The Morgan fingerprint density at radius 3 is 2.37 bits per heavy atom. The number of aromatic nitrogens is 1. The Bertz CT molecular complexity index is 942. The van der Waals surface area contributed by atoms with Crippen LogP contribution in [0.3, 0.4) is 0 Å². The van der Waals surface area contributed by atoms with E-state index in [-0.39, 0.29) is 11.5 Å². The highest BCUT2D eigenvalue weighted by molar-refractivity contribution is 7.13. The third-order valence-corrected chi connectivity index (χ3v) is 5.20. The Morgan fingerprint density at radius 1 is 1.07 bits per heavy atom. The third-order valence-electron chi connectivity index (χ3n) is 4.31. The zero-order chi connectivity index (χ0) is 19.4. The SMILES string of the molecule is CCc1ccc(C(=O)[C@@H](C)OC(=O)c2csc(-c3ccc(C)cc3)n2)cc1. The smallest absolute Gasteiger partial charge is 0.358 e.